The maximum atomic E-state index is 5.66. The molecule has 1 unspecified atom stereocenters. The summed E-state index contributed by atoms with van der Waals surface area (Å²) in [6, 6.07) is 8.38. The number of aromatic nitrogens is 2. The zero-order valence-electron chi connectivity index (χ0n) is 12.8. The molecular weight excluding hydrogens is 286 g/mol. The standard InChI is InChI=1S/C15H21N3O2S/c1-10(2)19-13-7-5-12(6-8-13)14(16-4)9-21-15-18-17-11(3)20-15/h5-8,10,14,16H,9H2,1-4H3. The second-order valence-electron chi connectivity index (χ2n) is 4.97. The van der Waals surface area contributed by atoms with Crippen LogP contribution in [0.3, 0.4) is 0 Å². The molecule has 114 valence electrons. The number of nitrogens with zero attached hydrogens (tertiary/aromatic N) is 2. The molecule has 5 nitrogen and oxygen atoms in total. The van der Waals surface area contributed by atoms with Crippen LogP contribution in [0, 0.1) is 6.92 Å². The number of ether oxygens (including phenoxy) is 1. The average molecular weight is 307 g/mol. The highest BCUT2D eigenvalue weighted by Crippen LogP contribution is 2.25. The van der Waals surface area contributed by atoms with Crippen molar-refractivity contribution in [1.29, 1.82) is 0 Å². The van der Waals surface area contributed by atoms with Gasteiger partial charge in [-0.2, -0.15) is 0 Å². The summed E-state index contributed by atoms with van der Waals surface area (Å²) in [6.07, 6.45) is 0.187. The van der Waals surface area contributed by atoms with Crippen LogP contribution >= 0.6 is 11.8 Å². The van der Waals surface area contributed by atoms with Crippen molar-refractivity contribution in [1.82, 2.24) is 15.5 Å². The SMILES string of the molecule is CNC(CSc1nnc(C)o1)c1ccc(OC(C)C)cc1. The van der Waals surface area contributed by atoms with E-state index in [4.69, 9.17) is 9.15 Å². The topological polar surface area (TPSA) is 60.2 Å². The molecule has 0 amide bonds. The normalized spacial score (nSPS) is 12.6. The molecule has 1 heterocycles. The fourth-order valence-electron chi connectivity index (χ4n) is 1.89. The molecule has 21 heavy (non-hydrogen) atoms. The van der Waals surface area contributed by atoms with Crippen molar-refractivity contribution in [3.8, 4) is 5.75 Å². The van der Waals surface area contributed by atoms with Gasteiger partial charge in [0.1, 0.15) is 5.75 Å². The molecular formula is C15H21N3O2S. The van der Waals surface area contributed by atoms with Crippen LogP contribution in [0.5, 0.6) is 5.75 Å². The Labute approximate surface area is 129 Å². The van der Waals surface area contributed by atoms with E-state index in [-0.39, 0.29) is 12.1 Å². The molecule has 2 rings (SSSR count). The summed E-state index contributed by atoms with van der Waals surface area (Å²) in [6.45, 7) is 5.83. The van der Waals surface area contributed by atoms with E-state index in [1.54, 1.807) is 18.7 Å². The van der Waals surface area contributed by atoms with Gasteiger partial charge in [0.05, 0.1) is 6.10 Å². The lowest BCUT2D eigenvalue weighted by molar-refractivity contribution is 0.242. The van der Waals surface area contributed by atoms with Crippen molar-refractivity contribution < 1.29 is 9.15 Å². The summed E-state index contributed by atoms with van der Waals surface area (Å²) in [7, 11) is 1.95. The van der Waals surface area contributed by atoms with Crippen molar-refractivity contribution >= 4 is 11.8 Å². The highest BCUT2D eigenvalue weighted by atomic mass is 32.2. The van der Waals surface area contributed by atoms with E-state index in [1.807, 2.05) is 33.0 Å². The molecule has 0 fully saturated rings. The van der Waals surface area contributed by atoms with Crippen LogP contribution in [-0.4, -0.2) is 29.1 Å². The van der Waals surface area contributed by atoms with Gasteiger partial charge in [0.15, 0.2) is 0 Å². The molecule has 2 aromatic rings. The fraction of sp³-hybridized carbons (Fsp3) is 0.467. The third kappa shape index (κ3) is 4.75. The van der Waals surface area contributed by atoms with Crippen LogP contribution in [0.4, 0.5) is 0 Å². The van der Waals surface area contributed by atoms with Gasteiger partial charge in [-0.3, -0.25) is 0 Å². The van der Waals surface area contributed by atoms with Gasteiger partial charge in [-0.05, 0) is 38.6 Å². The summed E-state index contributed by atoms with van der Waals surface area (Å²) < 4.78 is 11.0. The Balaban J connectivity index is 1.96. The highest BCUT2D eigenvalue weighted by Gasteiger charge is 2.12. The second-order valence-corrected chi connectivity index (χ2v) is 5.95. The lowest BCUT2D eigenvalue weighted by Gasteiger charge is -2.16. The quantitative estimate of drug-likeness (QED) is 0.793. The first-order valence-electron chi connectivity index (χ1n) is 6.95. The number of aryl methyl sites for hydroxylation is 1. The first-order chi connectivity index (χ1) is 10.1. The summed E-state index contributed by atoms with van der Waals surface area (Å²) in [5, 5.41) is 11.7. The summed E-state index contributed by atoms with van der Waals surface area (Å²) in [5.74, 6) is 2.31. The lowest BCUT2D eigenvalue weighted by Crippen LogP contribution is -2.18. The third-order valence-corrected chi connectivity index (χ3v) is 3.80. The van der Waals surface area contributed by atoms with Crippen LogP contribution in [0.15, 0.2) is 33.9 Å². The number of benzene rings is 1. The maximum Gasteiger partial charge on any atom is 0.276 e. The molecule has 0 saturated carbocycles. The monoisotopic (exact) mass is 307 g/mol. The van der Waals surface area contributed by atoms with Crippen molar-refractivity contribution in [2.75, 3.05) is 12.8 Å². The van der Waals surface area contributed by atoms with Gasteiger partial charge in [-0.1, -0.05) is 23.9 Å². The largest absolute Gasteiger partial charge is 0.491 e. The van der Waals surface area contributed by atoms with Gasteiger partial charge >= 0.3 is 0 Å². The number of hydrogen-bond donors (Lipinski definition) is 1. The van der Waals surface area contributed by atoms with E-state index >= 15 is 0 Å². The van der Waals surface area contributed by atoms with Crippen molar-refractivity contribution in [3.63, 3.8) is 0 Å². The predicted molar refractivity (Wildman–Crippen MR) is 83.8 cm³/mol. The zero-order chi connectivity index (χ0) is 15.2. The smallest absolute Gasteiger partial charge is 0.276 e. The number of rotatable bonds is 7. The molecule has 0 saturated heterocycles. The van der Waals surface area contributed by atoms with Gasteiger partial charge in [0.2, 0.25) is 5.89 Å². The Morgan fingerprint density at radius 1 is 1.24 bits per heavy atom. The van der Waals surface area contributed by atoms with E-state index in [0.717, 1.165) is 11.5 Å². The minimum atomic E-state index is 0.187. The molecule has 0 aliphatic rings. The minimum Gasteiger partial charge on any atom is -0.491 e. The molecule has 0 radical (unpaired) electrons. The number of nitrogens with one attached hydrogen (secondary N) is 1. The van der Waals surface area contributed by atoms with E-state index < -0.39 is 0 Å². The van der Waals surface area contributed by atoms with Gasteiger partial charge in [-0.15, -0.1) is 10.2 Å². The van der Waals surface area contributed by atoms with Gasteiger partial charge in [0, 0.05) is 18.7 Å². The first kappa shape index (κ1) is 15.9. The number of thioether (sulfide) groups is 1. The predicted octanol–water partition coefficient (Wildman–Crippen LogP) is 3.22. The summed E-state index contributed by atoms with van der Waals surface area (Å²) in [4.78, 5) is 0. The lowest BCUT2D eigenvalue weighted by atomic mass is 10.1. The molecule has 1 atom stereocenters. The Hall–Kier alpha value is -1.53. The van der Waals surface area contributed by atoms with Gasteiger partial charge < -0.3 is 14.5 Å². The molecule has 0 bridgehead atoms. The molecule has 6 heteroatoms. The minimum absolute atomic E-state index is 0.187. The Bertz CT molecular complexity index is 554. The highest BCUT2D eigenvalue weighted by molar-refractivity contribution is 7.99. The third-order valence-electron chi connectivity index (χ3n) is 2.88. The fourth-order valence-corrected chi connectivity index (χ4v) is 2.83. The van der Waals surface area contributed by atoms with E-state index in [0.29, 0.717) is 11.1 Å². The molecule has 0 spiro atoms. The Morgan fingerprint density at radius 3 is 2.48 bits per heavy atom. The maximum absolute atomic E-state index is 5.66. The van der Waals surface area contributed by atoms with Crippen LogP contribution < -0.4 is 10.1 Å². The van der Waals surface area contributed by atoms with Crippen molar-refractivity contribution in [3.05, 3.63) is 35.7 Å². The zero-order valence-corrected chi connectivity index (χ0v) is 13.6. The van der Waals surface area contributed by atoms with E-state index in [2.05, 4.69) is 27.6 Å². The second kappa shape index (κ2) is 7.47. The molecule has 0 aliphatic heterocycles. The molecule has 1 aromatic heterocycles. The van der Waals surface area contributed by atoms with Crippen LogP contribution in [-0.2, 0) is 0 Å². The molecule has 0 aliphatic carbocycles. The molecule has 1 aromatic carbocycles. The van der Waals surface area contributed by atoms with Crippen LogP contribution in [0.1, 0.15) is 31.3 Å². The van der Waals surface area contributed by atoms with E-state index in [9.17, 15) is 0 Å². The summed E-state index contributed by atoms with van der Waals surface area (Å²) >= 11 is 1.55. The Morgan fingerprint density at radius 2 is 1.95 bits per heavy atom. The van der Waals surface area contributed by atoms with Crippen LogP contribution in [0.2, 0.25) is 0 Å². The average Bonchev–Trinajstić information content (AvgIpc) is 2.86. The van der Waals surface area contributed by atoms with Gasteiger partial charge in [0.25, 0.3) is 5.22 Å². The Kier molecular flexibility index (Phi) is 5.64. The summed E-state index contributed by atoms with van der Waals surface area (Å²) in [5.41, 5.74) is 1.21. The molecule has 1 N–H and O–H groups in total. The van der Waals surface area contributed by atoms with Gasteiger partial charge in [-0.25, -0.2) is 0 Å². The van der Waals surface area contributed by atoms with Crippen molar-refractivity contribution in [2.24, 2.45) is 0 Å². The number of hydrogen-bond acceptors (Lipinski definition) is 6. The van der Waals surface area contributed by atoms with Crippen molar-refractivity contribution in [2.45, 2.75) is 38.1 Å². The van der Waals surface area contributed by atoms with E-state index in [1.165, 1.54) is 5.56 Å². The van der Waals surface area contributed by atoms with Crippen LogP contribution in [0.25, 0.3) is 0 Å². The first-order valence-corrected chi connectivity index (χ1v) is 7.94.